The lowest BCUT2D eigenvalue weighted by molar-refractivity contribution is -0.380. The lowest BCUT2D eigenvalue weighted by Gasteiger charge is -2.03. The van der Waals surface area contributed by atoms with E-state index in [4.69, 9.17) is 9.84 Å². The van der Waals surface area contributed by atoms with Gasteiger partial charge in [-0.15, -0.1) is 4.58 Å². The maximum atomic E-state index is 11.7. The Morgan fingerprint density at radius 2 is 2.43 bits per heavy atom. The smallest absolute Gasteiger partial charge is 0.391 e. The largest absolute Gasteiger partial charge is 0.422 e. The number of carbonyl (C=O) groups is 1. The Balaban J connectivity index is 2.31. The molecule has 0 radical (unpaired) electrons. The molecule has 74 valence electrons. The number of carbonyl (C=O) groups excluding carboxylic acids is 1. The Bertz CT molecular complexity index is 344. The number of amides is 1. The Kier molecular flexibility index (Phi) is 2.56. The molecule has 0 aromatic heterocycles. The van der Waals surface area contributed by atoms with Gasteiger partial charge >= 0.3 is 5.91 Å². The van der Waals surface area contributed by atoms with E-state index in [1.54, 1.807) is 22.9 Å². The number of ether oxygens (including phenoxy) is 1. The molecule has 2 aliphatic rings. The van der Waals surface area contributed by atoms with Gasteiger partial charge in [0, 0.05) is 6.08 Å². The number of rotatable bonds is 1. The third kappa shape index (κ3) is 1.54. The predicted molar refractivity (Wildman–Crippen MR) is 50.0 cm³/mol. The molecule has 1 amide bonds. The second-order valence-corrected chi connectivity index (χ2v) is 3.24. The first kappa shape index (κ1) is 9.30. The van der Waals surface area contributed by atoms with Gasteiger partial charge < -0.3 is 9.84 Å². The highest BCUT2D eigenvalue weighted by atomic mass is 16.5. The number of nitrogens with zero attached hydrogens (tertiary/aromatic N) is 1. The lowest BCUT2D eigenvalue weighted by atomic mass is 10.2. The summed E-state index contributed by atoms with van der Waals surface area (Å²) in [5.74, 6) is -0.143. The fraction of sp³-hybridized carbons (Fsp3) is 0.400. The summed E-state index contributed by atoms with van der Waals surface area (Å²) in [5.41, 5.74) is 1.39. The van der Waals surface area contributed by atoms with Gasteiger partial charge in [0.25, 0.3) is 0 Å². The minimum Gasteiger partial charge on any atom is -0.391 e. The third-order valence-corrected chi connectivity index (χ3v) is 2.34. The number of aliphatic hydroxyl groups is 1. The minimum absolute atomic E-state index is 0.143. The van der Waals surface area contributed by atoms with Gasteiger partial charge in [-0.25, -0.2) is 4.79 Å². The summed E-state index contributed by atoms with van der Waals surface area (Å²) < 4.78 is 6.75. The van der Waals surface area contributed by atoms with E-state index in [1.807, 2.05) is 0 Å². The number of aliphatic hydroxyl groups excluding tert-OH is 1. The molecular weight excluding hydrogens is 182 g/mol. The molecule has 4 heteroatoms. The lowest BCUT2D eigenvalue weighted by Crippen LogP contribution is -2.28. The molecule has 4 nitrogen and oxygen atoms in total. The first-order chi connectivity index (χ1) is 6.83. The molecule has 0 aromatic rings. The highest BCUT2D eigenvalue weighted by Gasteiger charge is 2.29. The van der Waals surface area contributed by atoms with Crippen LogP contribution in [0.3, 0.4) is 0 Å². The zero-order valence-electron chi connectivity index (χ0n) is 7.77. The average Bonchev–Trinajstić information content (AvgIpc) is 2.71. The number of hydrogen-bond donors (Lipinski definition) is 1. The van der Waals surface area contributed by atoms with E-state index in [2.05, 4.69) is 0 Å². The fourth-order valence-corrected chi connectivity index (χ4v) is 1.55. The van der Waals surface area contributed by atoms with Crippen molar-refractivity contribution in [1.29, 1.82) is 0 Å². The summed E-state index contributed by atoms with van der Waals surface area (Å²) in [6, 6.07) is 0. The first-order valence-corrected chi connectivity index (χ1v) is 4.57. The summed E-state index contributed by atoms with van der Waals surface area (Å²) >= 11 is 0. The van der Waals surface area contributed by atoms with Crippen LogP contribution in [0, 0.1) is 0 Å². The Morgan fingerprint density at radius 3 is 3.07 bits per heavy atom. The van der Waals surface area contributed by atoms with Gasteiger partial charge in [-0.1, -0.05) is 0 Å². The molecule has 0 atom stereocenters. The van der Waals surface area contributed by atoms with Crippen LogP contribution in [0.5, 0.6) is 0 Å². The normalized spacial score (nSPS) is 26.9. The van der Waals surface area contributed by atoms with Gasteiger partial charge in [0.1, 0.15) is 6.61 Å². The molecule has 1 saturated heterocycles. The molecule has 2 heterocycles. The summed E-state index contributed by atoms with van der Waals surface area (Å²) in [4.78, 5) is 11.7. The van der Waals surface area contributed by atoms with E-state index in [0.29, 0.717) is 18.8 Å². The predicted octanol–water partition coefficient (Wildman–Crippen LogP) is -0.167. The van der Waals surface area contributed by atoms with Crippen LogP contribution in [0.1, 0.15) is 6.42 Å². The van der Waals surface area contributed by atoms with Crippen LogP contribution in [0.25, 0.3) is 0 Å². The summed E-state index contributed by atoms with van der Waals surface area (Å²) in [5, 5.41) is 8.93. The van der Waals surface area contributed by atoms with Crippen molar-refractivity contribution in [2.24, 2.45) is 0 Å². The van der Waals surface area contributed by atoms with Gasteiger partial charge in [-0.2, -0.15) is 0 Å². The van der Waals surface area contributed by atoms with Crippen LogP contribution in [-0.4, -0.2) is 41.1 Å². The topological polar surface area (TPSA) is 49.5 Å². The molecule has 1 N–H and O–H groups in total. The number of allylic oxidation sites excluding steroid dienone is 2. The molecule has 0 unspecified atom stereocenters. The van der Waals surface area contributed by atoms with Crippen LogP contribution in [0.4, 0.5) is 0 Å². The van der Waals surface area contributed by atoms with Gasteiger partial charge in [-0.3, -0.25) is 0 Å². The van der Waals surface area contributed by atoms with E-state index >= 15 is 0 Å². The SMILES string of the molecule is O=C1C(CO)=CC=C[N+]1=C1CCOC1. The molecule has 0 aliphatic carbocycles. The molecule has 0 bridgehead atoms. The summed E-state index contributed by atoms with van der Waals surface area (Å²) in [7, 11) is 0. The van der Waals surface area contributed by atoms with Gasteiger partial charge in [0.2, 0.25) is 0 Å². The highest BCUT2D eigenvalue weighted by molar-refractivity contribution is 5.95. The Morgan fingerprint density at radius 1 is 1.57 bits per heavy atom. The van der Waals surface area contributed by atoms with E-state index < -0.39 is 0 Å². The van der Waals surface area contributed by atoms with E-state index in [1.165, 1.54) is 0 Å². The van der Waals surface area contributed by atoms with Crippen LogP contribution in [-0.2, 0) is 9.53 Å². The second-order valence-electron chi connectivity index (χ2n) is 3.24. The molecule has 0 saturated carbocycles. The maximum absolute atomic E-state index is 11.7. The summed E-state index contributed by atoms with van der Waals surface area (Å²) in [6.07, 6.45) is 5.90. The average molecular weight is 194 g/mol. The van der Waals surface area contributed by atoms with Crippen molar-refractivity contribution < 1.29 is 19.2 Å². The zero-order valence-corrected chi connectivity index (χ0v) is 7.77. The quantitative estimate of drug-likeness (QED) is 0.590. The van der Waals surface area contributed by atoms with Crippen molar-refractivity contribution in [2.75, 3.05) is 19.8 Å². The standard InChI is InChI=1S/C10H12NO3/c12-6-8-2-1-4-11(10(8)13)9-3-5-14-7-9/h1-2,4,12H,3,5-7H2/q+1. The van der Waals surface area contributed by atoms with Crippen LogP contribution < -0.4 is 0 Å². The Hall–Kier alpha value is -1.26. The van der Waals surface area contributed by atoms with Crippen LogP contribution in [0.2, 0.25) is 0 Å². The van der Waals surface area contributed by atoms with Crippen molar-refractivity contribution in [3.05, 3.63) is 23.9 Å². The monoisotopic (exact) mass is 194 g/mol. The molecule has 0 aromatic carbocycles. The highest BCUT2D eigenvalue weighted by Crippen LogP contribution is 2.08. The first-order valence-electron chi connectivity index (χ1n) is 4.57. The molecule has 0 spiro atoms. The van der Waals surface area contributed by atoms with E-state index in [0.717, 1.165) is 12.1 Å². The molecule has 14 heavy (non-hydrogen) atoms. The minimum atomic E-state index is -0.214. The van der Waals surface area contributed by atoms with Crippen molar-refractivity contribution in [2.45, 2.75) is 6.42 Å². The molecule has 1 fully saturated rings. The summed E-state index contributed by atoms with van der Waals surface area (Å²) in [6.45, 7) is 0.966. The van der Waals surface area contributed by atoms with E-state index in [-0.39, 0.29) is 12.5 Å². The fourth-order valence-electron chi connectivity index (χ4n) is 1.55. The van der Waals surface area contributed by atoms with Crippen molar-refractivity contribution in [1.82, 2.24) is 0 Å². The van der Waals surface area contributed by atoms with Crippen molar-refractivity contribution in [3.63, 3.8) is 0 Å². The molecule has 2 rings (SSSR count). The molecular formula is C10H12NO3+. The third-order valence-electron chi connectivity index (χ3n) is 2.34. The van der Waals surface area contributed by atoms with E-state index in [9.17, 15) is 4.79 Å². The molecule has 2 aliphatic heterocycles. The van der Waals surface area contributed by atoms with Gasteiger partial charge in [-0.05, 0) is 6.08 Å². The zero-order chi connectivity index (χ0) is 9.97. The van der Waals surface area contributed by atoms with Crippen LogP contribution >= 0.6 is 0 Å². The van der Waals surface area contributed by atoms with Gasteiger partial charge in [0.15, 0.2) is 11.9 Å². The number of hydrogen-bond acceptors (Lipinski definition) is 3. The second kappa shape index (κ2) is 3.86. The van der Waals surface area contributed by atoms with Crippen molar-refractivity contribution >= 4 is 11.6 Å². The van der Waals surface area contributed by atoms with Gasteiger partial charge in [0.05, 0.1) is 25.2 Å². The van der Waals surface area contributed by atoms with Crippen LogP contribution in [0.15, 0.2) is 23.9 Å². The van der Waals surface area contributed by atoms with Crippen molar-refractivity contribution in [3.8, 4) is 0 Å². The maximum Gasteiger partial charge on any atom is 0.422 e. The Labute approximate surface area is 81.8 Å².